The van der Waals surface area contributed by atoms with Crippen LogP contribution in [0, 0.1) is 10.1 Å². The molecule has 2 heterocycles. The topological polar surface area (TPSA) is 89.8 Å². The largest absolute Gasteiger partial charge is 0.426 e. The highest BCUT2D eigenvalue weighted by Gasteiger charge is 2.22. The van der Waals surface area contributed by atoms with Gasteiger partial charge in [-0.25, -0.2) is 0 Å². The third-order valence-electron chi connectivity index (χ3n) is 4.05. The monoisotopic (exact) mass is 394 g/mol. The number of ether oxygens (including phenoxy) is 1. The van der Waals surface area contributed by atoms with Crippen LogP contribution in [0.5, 0.6) is 5.75 Å². The van der Waals surface area contributed by atoms with E-state index in [4.69, 9.17) is 16.3 Å². The Kier molecular flexibility index (Phi) is 5.53. The van der Waals surface area contributed by atoms with E-state index in [1.54, 1.807) is 16.2 Å². The number of carbonyl (C=O) groups excluding carboxylic acids is 2. The van der Waals surface area contributed by atoms with Crippen LogP contribution in [0.25, 0.3) is 0 Å². The fourth-order valence-electron chi connectivity index (χ4n) is 2.71. The van der Waals surface area contributed by atoms with Crippen LogP contribution in [-0.4, -0.2) is 28.2 Å². The smallest absolute Gasteiger partial charge is 0.311 e. The van der Waals surface area contributed by atoms with Crippen molar-refractivity contribution >= 4 is 40.5 Å². The molecule has 0 saturated carbocycles. The lowest BCUT2D eigenvalue weighted by Gasteiger charge is -2.27. The van der Waals surface area contributed by atoms with E-state index in [2.05, 4.69) is 0 Å². The molecular weight excluding hydrogens is 380 g/mol. The SMILES string of the molecule is O=C(CCC(=O)N1CCc2sccc2C1)Oc1ccc([N+](=O)[O-])c(Cl)c1. The van der Waals surface area contributed by atoms with Crippen molar-refractivity contribution in [3.05, 3.63) is 55.2 Å². The fraction of sp³-hybridized carbons (Fsp3) is 0.294. The van der Waals surface area contributed by atoms with E-state index in [1.165, 1.54) is 23.1 Å². The minimum Gasteiger partial charge on any atom is -0.426 e. The molecule has 0 aliphatic carbocycles. The van der Waals surface area contributed by atoms with E-state index in [0.29, 0.717) is 13.1 Å². The lowest BCUT2D eigenvalue weighted by molar-refractivity contribution is -0.384. The molecular formula is C17H15ClN2O5S. The molecule has 2 aromatic rings. The summed E-state index contributed by atoms with van der Waals surface area (Å²) in [5.41, 5.74) is 0.900. The van der Waals surface area contributed by atoms with E-state index < -0.39 is 10.9 Å². The van der Waals surface area contributed by atoms with Gasteiger partial charge in [-0.15, -0.1) is 11.3 Å². The molecule has 136 valence electrons. The van der Waals surface area contributed by atoms with Crippen molar-refractivity contribution in [3.8, 4) is 5.75 Å². The number of hydrogen-bond acceptors (Lipinski definition) is 6. The molecule has 0 spiro atoms. The van der Waals surface area contributed by atoms with Crippen molar-refractivity contribution in [1.82, 2.24) is 4.90 Å². The van der Waals surface area contributed by atoms with Crippen LogP contribution in [0.4, 0.5) is 5.69 Å². The second-order valence-corrected chi connectivity index (χ2v) is 7.19. The highest BCUT2D eigenvalue weighted by Crippen LogP contribution is 2.28. The molecule has 26 heavy (non-hydrogen) atoms. The maximum absolute atomic E-state index is 12.3. The average molecular weight is 395 g/mol. The molecule has 1 aromatic carbocycles. The Morgan fingerprint density at radius 3 is 2.85 bits per heavy atom. The quantitative estimate of drug-likeness (QED) is 0.334. The van der Waals surface area contributed by atoms with Gasteiger partial charge in [0.25, 0.3) is 5.69 Å². The lowest BCUT2D eigenvalue weighted by atomic mass is 10.1. The zero-order valence-electron chi connectivity index (χ0n) is 13.6. The fourth-order valence-corrected chi connectivity index (χ4v) is 3.84. The van der Waals surface area contributed by atoms with Crippen LogP contribution < -0.4 is 4.74 Å². The third kappa shape index (κ3) is 4.20. The molecule has 1 aliphatic heterocycles. The summed E-state index contributed by atoms with van der Waals surface area (Å²) in [5, 5.41) is 12.6. The van der Waals surface area contributed by atoms with Crippen LogP contribution in [0.3, 0.4) is 0 Å². The van der Waals surface area contributed by atoms with Gasteiger partial charge < -0.3 is 9.64 Å². The number of hydrogen-bond donors (Lipinski definition) is 0. The highest BCUT2D eigenvalue weighted by molar-refractivity contribution is 7.10. The maximum atomic E-state index is 12.3. The summed E-state index contributed by atoms with van der Waals surface area (Å²) in [5.74, 6) is -0.573. The molecule has 7 nitrogen and oxygen atoms in total. The number of rotatable bonds is 5. The number of carbonyl (C=O) groups is 2. The third-order valence-corrected chi connectivity index (χ3v) is 5.38. The number of benzene rings is 1. The first-order valence-electron chi connectivity index (χ1n) is 7.91. The van der Waals surface area contributed by atoms with Crippen molar-refractivity contribution < 1.29 is 19.2 Å². The first kappa shape index (κ1) is 18.3. The molecule has 9 heteroatoms. The Morgan fingerprint density at radius 1 is 1.31 bits per heavy atom. The summed E-state index contributed by atoms with van der Waals surface area (Å²) < 4.78 is 5.10. The number of nitro groups is 1. The standard InChI is InChI=1S/C17H15ClN2O5S/c18-13-9-12(1-2-14(13)20(23)24)25-17(22)4-3-16(21)19-7-5-15-11(10-19)6-8-26-15/h1-2,6,8-9H,3-5,7,10H2. The molecule has 0 N–H and O–H groups in total. The zero-order valence-corrected chi connectivity index (χ0v) is 15.2. The number of esters is 1. The zero-order chi connectivity index (χ0) is 18.7. The minimum absolute atomic E-state index is 0.0546. The molecule has 0 unspecified atom stereocenters. The van der Waals surface area contributed by atoms with Gasteiger partial charge in [-0.05, 0) is 29.5 Å². The molecule has 0 atom stereocenters. The van der Waals surface area contributed by atoms with Crippen molar-refractivity contribution in [2.45, 2.75) is 25.8 Å². The van der Waals surface area contributed by atoms with Gasteiger partial charge in [0, 0.05) is 36.5 Å². The molecule has 0 fully saturated rings. The van der Waals surface area contributed by atoms with Crippen molar-refractivity contribution in [3.63, 3.8) is 0 Å². The van der Waals surface area contributed by atoms with Crippen LogP contribution in [0.1, 0.15) is 23.3 Å². The average Bonchev–Trinajstić information content (AvgIpc) is 3.07. The van der Waals surface area contributed by atoms with Crippen LogP contribution in [-0.2, 0) is 22.6 Å². The van der Waals surface area contributed by atoms with Crippen molar-refractivity contribution in [2.75, 3.05) is 6.54 Å². The summed E-state index contributed by atoms with van der Waals surface area (Å²) >= 11 is 7.47. The molecule has 1 amide bonds. The van der Waals surface area contributed by atoms with Gasteiger partial charge in [-0.1, -0.05) is 11.6 Å². The molecule has 0 radical (unpaired) electrons. The van der Waals surface area contributed by atoms with E-state index in [9.17, 15) is 19.7 Å². The highest BCUT2D eigenvalue weighted by atomic mass is 35.5. The van der Waals surface area contributed by atoms with E-state index >= 15 is 0 Å². The van der Waals surface area contributed by atoms with Crippen LogP contribution in [0.15, 0.2) is 29.6 Å². The summed E-state index contributed by atoms with van der Waals surface area (Å²) in [6.07, 6.45) is 0.823. The summed E-state index contributed by atoms with van der Waals surface area (Å²) in [6, 6.07) is 5.70. The van der Waals surface area contributed by atoms with Gasteiger partial charge in [-0.2, -0.15) is 0 Å². The van der Waals surface area contributed by atoms with Gasteiger partial charge in [0.2, 0.25) is 5.91 Å². The van der Waals surface area contributed by atoms with Gasteiger partial charge in [0.1, 0.15) is 10.8 Å². The minimum atomic E-state index is -0.621. The normalized spacial score (nSPS) is 13.2. The van der Waals surface area contributed by atoms with Gasteiger partial charge in [-0.3, -0.25) is 19.7 Å². The first-order chi connectivity index (χ1) is 12.4. The van der Waals surface area contributed by atoms with Crippen molar-refractivity contribution in [2.24, 2.45) is 0 Å². The van der Waals surface area contributed by atoms with Crippen molar-refractivity contribution in [1.29, 1.82) is 0 Å². The number of nitrogens with zero attached hydrogens (tertiary/aromatic N) is 2. The Morgan fingerprint density at radius 2 is 2.12 bits per heavy atom. The van der Waals surface area contributed by atoms with Crippen LogP contribution >= 0.6 is 22.9 Å². The lowest BCUT2D eigenvalue weighted by Crippen LogP contribution is -2.35. The van der Waals surface area contributed by atoms with Gasteiger partial charge in [0.05, 0.1) is 11.3 Å². The Bertz CT molecular complexity index is 867. The molecule has 1 aliphatic rings. The number of fused-ring (bicyclic) bond motifs is 1. The predicted octanol–water partition coefficient (Wildman–Crippen LogP) is 3.58. The van der Waals surface area contributed by atoms with Crippen LogP contribution in [0.2, 0.25) is 5.02 Å². The van der Waals surface area contributed by atoms with Gasteiger partial charge >= 0.3 is 5.97 Å². The second-order valence-electron chi connectivity index (χ2n) is 5.78. The summed E-state index contributed by atoms with van der Waals surface area (Å²) in [7, 11) is 0. The maximum Gasteiger partial charge on any atom is 0.311 e. The number of halogens is 1. The molecule has 0 bridgehead atoms. The van der Waals surface area contributed by atoms with E-state index in [-0.39, 0.29) is 35.2 Å². The number of nitro benzene ring substituents is 1. The Hall–Kier alpha value is -2.45. The molecule has 0 saturated heterocycles. The summed E-state index contributed by atoms with van der Waals surface area (Å²) in [6.45, 7) is 1.23. The molecule has 1 aromatic heterocycles. The number of thiophene rings is 1. The molecule has 3 rings (SSSR count). The summed E-state index contributed by atoms with van der Waals surface area (Å²) in [4.78, 5) is 37.3. The second kappa shape index (κ2) is 7.84. The Balaban J connectivity index is 1.50. The Labute approximate surface area is 158 Å². The van der Waals surface area contributed by atoms with E-state index in [1.807, 2.05) is 11.4 Å². The first-order valence-corrected chi connectivity index (χ1v) is 9.17. The van der Waals surface area contributed by atoms with E-state index in [0.717, 1.165) is 12.0 Å². The number of amides is 1. The predicted molar refractivity (Wildman–Crippen MR) is 96.4 cm³/mol. The van der Waals surface area contributed by atoms with Gasteiger partial charge in [0.15, 0.2) is 0 Å².